The molecule has 2 N–H and O–H groups in total. The quantitative estimate of drug-likeness (QED) is 0.812. The van der Waals surface area contributed by atoms with Gasteiger partial charge in [-0.2, -0.15) is 5.10 Å². The molecular formula is C13H23N3O. The molecule has 2 atom stereocenters. The lowest BCUT2D eigenvalue weighted by atomic mass is 9.85. The molecule has 0 bridgehead atoms. The number of aromatic nitrogens is 2. The summed E-state index contributed by atoms with van der Waals surface area (Å²) in [5, 5.41) is 17.3. The van der Waals surface area contributed by atoms with Crippen molar-refractivity contribution in [3.8, 4) is 0 Å². The Morgan fingerprint density at radius 2 is 2.47 bits per heavy atom. The Kier molecular flexibility index (Phi) is 3.84. The van der Waals surface area contributed by atoms with Crippen LogP contribution in [0.2, 0.25) is 0 Å². The van der Waals surface area contributed by atoms with Crippen molar-refractivity contribution >= 4 is 0 Å². The second kappa shape index (κ2) is 5.19. The summed E-state index contributed by atoms with van der Waals surface area (Å²) < 4.78 is 2.01. The molecule has 0 saturated heterocycles. The summed E-state index contributed by atoms with van der Waals surface area (Å²) in [6.45, 7) is 3.25. The maximum Gasteiger partial charge on any atom is 0.0615 e. The fourth-order valence-corrected chi connectivity index (χ4v) is 3.06. The van der Waals surface area contributed by atoms with Crippen LogP contribution in [0.5, 0.6) is 0 Å². The molecule has 0 aromatic carbocycles. The number of likely N-dealkylation sites (N-methyl/N-ethyl adjacent to an activating group) is 1. The number of aryl methyl sites for hydroxylation is 2. The summed E-state index contributed by atoms with van der Waals surface area (Å²) in [6.07, 6.45) is 8.57. The third-order valence-corrected chi connectivity index (χ3v) is 4.21. The maximum atomic E-state index is 9.60. The highest BCUT2D eigenvalue weighted by molar-refractivity contribution is 5.00. The zero-order chi connectivity index (χ0) is 12.3. The number of hydrogen-bond donors (Lipinski definition) is 2. The highest BCUT2D eigenvalue weighted by atomic mass is 16.3. The van der Waals surface area contributed by atoms with Crippen molar-refractivity contribution in [2.75, 3.05) is 13.7 Å². The first-order valence-corrected chi connectivity index (χ1v) is 6.49. The predicted molar refractivity (Wildman–Crippen MR) is 67.8 cm³/mol. The topological polar surface area (TPSA) is 50.1 Å². The SMILES string of the molecule is CNC1(CO)CCCC1CCn1cc(C)cn1. The minimum Gasteiger partial charge on any atom is -0.394 e. The number of rotatable bonds is 5. The van der Waals surface area contributed by atoms with E-state index in [0.29, 0.717) is 5.92 Å². The largest absolute Gasteiger partial charge is 0.394 e. The lowest BCUT2D eigenvalue weighted by molar-refractivity contribution is 0.124. The average molecular weight is 237 g/mol. The van der Waals surface area contributed by atoms with E-state index in [9.17, 15) is 5.11 Å². The van der Waals surface area contributed by atoms with Gasteiger partial charge in [0.1, 0.15) is 0 Å². The molecule has 1 saturated carbocycles. The molecule has 4 nitrogen and oxygen atoms in total. The fourth-order valence-electron chi connectivity index (χ4n) is 3.06. The number of nitrogens with zero attached hydrogens (tertiary/aromatic N) is 2. The number of aliphatic hydroxyl groups is 1. The van der Waals surface area contributed by atoms with E-state index >= 15 is 0 Å². The lowest BCUT2D eigenvalue weighted by Crippen LogP contribution is -2.49. The van der Waals surface area contributed by atoms with Crippen molar-refractivity contribution < 1.29 is 5.11 Å². The molecule has 17 heavy (non-hydrogen) atoms. The zero-order valence-corrected chi connectivity index (χ0v) is 10.8. The number of hydrogen-bond acceptors (Lipinski definition) is 3. The van der Waals surface area contributed by atoms with Crippen LogP contribution >= 0.6 is 0 Å². The molecule has 96 valence electrons. The van der Waals surface area contributed by atoms with E-state index in [4.69, 9.17) is 0 Å². The molecule has 1 aromatic heterocycles. The summed E-state index contributed by atoms with van der Waals surface area (Å²) in [5.74, 6) is 0.557. The molecule has 1 aliphatic carbocycles. The molecule has 1 aliphatic rings. The van der Waals surface area contributed by atoms with E-state index in [1.54, 1.807) is 0 Å². The lowest BCUT2D eigenvalue weighted by Gasteiger charge is -2.33. The Balaban J connectivity index is 1.94. The second-order valence-corrected chi connectivity index (χ2v) is 5.22. The van der Waals surface area contributed by atoms with E-state index in [1.165, 1.54) is 18.4 Å². The second-order valence-electron chi connectivity index (χ2n) is 5.22. The van der Waals surface area contributed by atoms with Crippen LogP contribution in [-0.2, 0) is 6.54 Å². The molecule has 0 spiro atoms. The summed E-state index contributed by atoms with van der Waals surface area (Å²) in [4.78, 5) is 0. The summed E-state index contributed by atoms with van der Waals surface area (Å²) in [6, 6.07) is 0. The highest BCUT2D eigenvalue weighted by Gasteiger charge is 2.40. The monoisotopic (exact) mass is 237 g/mol. The molecule has 0 aliphatic heterocycles. The van der Waals surface area contributed by atoms with Gasteiger partial charge in [-0.3, -0.25) is 4.68 Å². The zero-order valence-electron chi connectivity index (χ0n) is 10.8. The van der Waals surface area contributed by atoms with Gasteiger partial charge in [0.2, 0.25) is 0 Å². The van der Waals surface area contributed by atoms with E-state index in [0.717, 1.165) is 19.4 Å². The third kappa shape index (κ3) is 2.53. The Bertz CT molecular complexity index is 357. The van der Waals surface area contributed by atoms with Crippen LogP contribution < -0.4 is 5.32 Å². The van der Waals surface area contributed by atoms with E-state index in [1.807, 2.05) is 17.9 Å². The van der Waals surface area contributed by atoms with Gasteiger partial charge >= 0.3 is 0 Å². The van der Waals surface area contributed by atoms with Gasteiger partial charge in [-0.1, -0.05) is 6.42 Å². The van der Waals surface area contributed by atoms with Crippen LogP contribution in [0.3, 0.4) is 0 Å². The van der Waals surface area contributed by atoms with Crippen LogP contribution in [-0.4, -0.2) is 34.1 Å². The Morgan fingerprint density at radius 1 is 1.65 bits per heavy atom. The first-order chi connectivity index (χ1) is 8.20. The van der Waals surface area contributed by atoms with Gasteiger partial charge in [-0.05, 0) is 44.7 Å². The van der Waals surface area contributed by atoms with Gasteiger partial charge in [-0.15, -0.1) is 0 Å². The van der Waals surface area contributed by atoms with Crippen LogP contribution in [0, 0.1) is 12.8 Å². The van der Waals surface area contributed by atoms with Crippen molar-refractivity contribution in [1.82, 2.24) is 15.1 Å². The molecule has 2 unspecified atom stereocenters. The molecular weight excluding hydrogens is 214 g/mol. The molecule has 1 heterocycles. The Labute approximate surface area is 103 Å². The molecule has 0 radical (unpaired) electrons. The van der Waals surface area contributed by atoms with E-state index in [2.05, 4.69) is 23.5 Å². The molecule has 0 amide bonds. The normalized spacial score (nSPS) is 28.8. The summed E-state index contributed by atoms with van der Waals surface area (Å²) in [7, 11) is 1.96. The van der Waals surface area contributed by atoms with Crippen LogP contribution in [0.1, 0.15) is 31.2 Å². The Morgan fingerprint density at radius 3 is 3.06 bits per heavy atom. The third-order valence-electron chi connectivity index (χ3n) is 4.21. The maximum absolute atomic E-state index is 9.60. The van der Waals surface area contributed by atoms with Crippen molar-refractivity contribution in [3.63, 3.8) is 0 Å². The van der Waals surface area contributed by atoms with E-state index in [-0.39, 0.29) is 12.1 Å². The number of aliphatic hydroxyl groups excluding tert-OH is 1. The van der Waals surface area contributed by atoms with Crippen molar-refractivity contribution in [3.05, 3.63) is 18.0 Å². The van der Waals surface area contributed by atoms with Gasteiger partial charge < -0.3 is 10.4 Å². The Hall–Kier alpha value is -0.870. The first kappa shape index (κ1) is 12.6. The van der Waals surface area contributed by atoms with Crippen molar-refractivity contribution in [2.45, 2.75) is 44.7 Å². The summed E-state index contributed by atoms with van der Waals surface area (Å²) >= 11 is 0. The van der Waals surface area contributed by atoms with Crippen LogP contribution in [0.4, 0.5) is 0 Å². The van der Waals surface area contributed by atoms with E-state index < -0.39 is 0 Å². The van der Waals surface area contributed by atoms with Gasteiger partial charge in [0.25, 0.3) is 0 Å². The summed E-state index contributed by atoms with van der Waals surface area (Å²) in [5.41, 5.74) is 1.15. The van der Waals surface area contributed by atoms with Crippen molar-refractivity contribution in [2.24, 2.45) is 5.92 Å². The molecule has 2 rings (SSSR count). The van der Waals surface area contributed by atoms with Crippen LogP contribution in [0.15, 0.2) is 12.4 Å². The first-order valence-electron chi connectivity index (χ1n) is 6.49. The predicted octanol–water partition coefficient (Wildman–Crippen LogP) is 1.33. The van der Waals surface area contributed by atoms with Crippen molar-refractivity contribution in [1.29, 1.82) is 0 Å². The van der Waals surface area contributed by atoms with Gasteiger partial charge in [-0.25, -0.2) is 0 Å². The molecule has 4 heteroatoms. The van der Waals surface area contributed by atoms with Crippen LogP contribution in [0.25, 0.3) is 0 Å². The average Bonchev–Trinajstić information content (AvgIpc) is 2.93. The molecule has 1 fully saturated rings. The van der Waals surface area contributed by atoms with Gasteiger partial charge in [0, 0.05) is 18.3 Å². The highest BCUT2D eigenvalue weighted by Crippen LogP contribution is 2.37. The minimum absolute atomic E-state index is 0.0534. The fraction of sp³-hybridized carbons (Fsp3) is 0.769. The smallest absolute Gasteiger partial charge is 0.0615 e. The van der Waals surface area contributed by atoms with Gasteiger partial charge in [0.15, 0.2) is 0 Å². The van der Waals surface area contributed by atoms with Gasteiger partial charge in [0.05, 0.1) is 12.8 Å². The standard InChI is InChI=1S/C13H23N3O/c1-11-8-15-16(9-11)7-5-12-4-3-6-13(12,10-17)14-2/h8-9,12,14,17H,3-7,10H2,1-2H3. The minimum atomic E-state index is -0.0534. The molecule has 1 aromatic rings. The number of nitrogens with one attached hydrogen (secondary N) is 1.